The number of nitrogens with one attached hydrogen (secondary N) is 1. The first-order valence-electron chi connectivity index (χ1n) is 13.3. The Morgan fingerprint density at radius 2 is 1.64 bits per heavy atom. The predicted octanol–water partition coefficient (Wildman–Crippen LogP) is 5.59. The number of rotatable bonds is 12. The van der Waals surface area contributed by atoms with E-state index in [0.717, 1.165) is 52.3 Å². The molecule has 0 saturated heterocycles. The van der Waals surface area contributed by atoms with E-state index in [4.69, 9.17) is 10.1 Å². The highest BCUT2D eigenvalue weighted by Crippen LogP contribution is 2.30. The Balaban J connectivity index is 1.37. The number of H-pyrrole nitrogens is 1. The highest BCUT2D eigenvalue weighted by Gasteiger charge is 2.14. The Morgan fingerprint density at radius 1 is 0.897 bits per heavy atom. The van der Waals surface area contributed by atoms with Gasteiger partial charge in [-0.3, -0.25) is 0 Å². The van der Waals surface area contributed by atoms with Crippen molar-refractivity contribution in [3.05, 3.63) is 101 Å². The molecule has 0 atom stereocenters. The fourth-order valence-corrected chi connectivity index (χ4v) is 4.62. The largest absolute Gasteiger partial charge is 0.478 e. The van der Waals surface area contributed by atoms with Crippen molar-refractivity contribution in [3.8, 4) is 22.5 Å². The number of aryl methyl sites for hydroxylation is 1. The first-order chi connectivity index (χ1) is 19.1. The van der Waals surface area contributed by atoms with Gasteiger partial charge in [0, 0.05) is 18.4 Å². The maximum absolute atomic E-state index is 11.2. The number of aromatic amines is 1. The van der Waals surface area contributed by atoms with Crippen LogP contribution in [0.15, 0.2) is 72.8 Å². The molecule has 2 N–H and O–H groups in total. The van der Waals surface area contributed by atoms with Crippen LogP contribution in [0.2, 0.25) is 0 Å². The number of hydrogen-bond acceptors (Lipinski definition) is 6. The normalized spacial score (nSPS) is 11.1. The van der Waals surface area contributed by atoms with Gasteiger partial charge in [-0.05, 0) is 46.0 Å². The smallest absolute Gasteiger partial charge is 0.335 e. The highest BCUT2D eigenvalue weighted by molar-refractivity contribution is 5.87. The van der Waals surface area contributed by atoms with E-state index in [0.29, 0.717) is 18.8 Å². The molecule has 39 heavy (non-hydrogen) atoms. The van der Waals surface area contributed by atoms with Crippen molar-refractivity contribution in [2.24, 2.45) is 0 Å². The number of aromatic carboxylic acids is 1. The lowest BCUT2D eigenvalue weighted by Gasteiger charge is -2.10. The highest BCUT2D eigenvalue weighted by atomic mass is 16.4. The molecule has 0 saturated carbocycles. The molecule has 0 aliphatic carbocycles. The second-order valence-electron chi connectivity index (χ2n) is 9.57. The van der Waals surface area contributed by atoms with Crippen molar-refractivity contribution < 1.29 is 9.90 Å². The summed E-state index contributed by atoms with van der Waals surface area (Å²) in [6.07, 6.45) is 6.07. The number of aromatic nitrogens is 7. The Labute approximate surface area is 227 Å². The molecule has 0 radical (unpaired) electrons. The van der Waals surface area contributed by atoms with Crippen LogP contribution < -0.4 is 0 Å². The van der Waals surface area contributed by atoms with E-state index in [1.165, 1.54) is 19.3 Å². The fraction of sp³-hybridized carbons (Fsp3) is 0.267. The number of carbonyl (C=O) groups is 1. The first-order valence-corrected chi connectivity index (χ1v) is 13.3. The van der Waals surface area contributed by atoms with Crippen LogP contribution in [-0.4, -0.2) is 46.5 Å². The maximum atomic E-state index is 11.2. The Hall–Kier alpha value is -4.66. The second kappa shape index (κ2) is 12.3. The van der Waals surface area contributed by atoms with Gasteiger partial charge in [-0.15, -0.1) is 10.2 Å². The van der Waals surface area contributed by atoms with Crippen LogP contribution in [0.3, 0.4) is 0 Å². The quantitative estimate of drug-likeness (QED) is 0.205. The van der Waals surface area contributed by atoms with Crippen LogP contribution in [-0.2, 0) is 19.4 Å². The minimum atomic E-state index is -0.928. The zero-order chi connectivity index (χ0) is 27.0. The maximum Gasteiger partial charge on any atom is 0.335 e. The lowest BCUT2D eigenvalue weighted by Crippen LogP contribution is -2.08. The summed E-state index contributed by atoms with van der Waals surface area (Å²) in [4.78, 5) is 16.1. The molecule has 0 amide bonds. The minimum Gasteiger partial charge on any atom is -0.478 e. The van der Waals surface area contributed by atoms with Crippen LogP contribution in [0.4, 0.5) is 0 Å². The van der Waals surface area contributed by atoms with Crippen LogP contribution >= 0.6 is 0 Å². The van der Waals surface area contributed by atoms with E-state index in [9.17, 15) is 9.90 Å². The topological polar surface area (TPSA) is 122 Å². The fourth-order valence-electron chi connectivity index (χ4n) is 4.62. The summed E-state index contributed by atoms with van der Waals surface area (Å²) in [5.41, 5.74) is 5.40. The molecule has 2 heterocycles. The Kier molecular flexibility index (Phi) is 8.16. The van der Waals surface area contributed by atoms with Crippen LogP contribution in [0.1, 0.15) is 65.7 Å². The lowest BCUT2D eigenvalue weighted by atomic mass is 9.98. The van der Waals surface area contributed by atoms with Gasteiger partial charge in [0.1, 0.15) is 5.82 Å². The van der Waals surface area contributed by atoms with Gasteiger partial charge in [0.25, 0.3) is 0 Å². The molecule has 9 heteroatoms. The second-order valence-corrected chi connectivity index (χ2v) is 9.57. The van der Waals surface area contributed by atoms with Gasteiger partial charge < -0.3 is 5.11 Å². The van der Waals surface area contributed by atoms with Gasteiger partial charge >= 0.3 is 5.97 Å². The third-order valence-corrected chi connectivity index (χ3v) is 6.72. The Morgan fingerprint density at radius 3 is 2.33 bits per heavy atom. The molecule has 0 fully saturated rings. The molecular formula is C30H31N7O2. The summed E-state index contributed by atoms with van der Waals surface area (Å²) in [5.74, 6) is 1.36. The molecule has 2 aromatic heterocycles. The molecule has 3 aromatic carbocycles. The van der Waals surface area contributed by atoms with E-state index in [2.05, 4.69) is 57.9 Å². The summed E-state index contributed by atoms with van der Waals surface area (Å²) in [5, 5.41) is 28.6. The zero-order valence-electron chi connectivity index (χ0n) is 21.9. The van der Waals surface area contributed by atoms with Gasteiger partial charge in [0.05, 0.1) is 12.1 Å². The Bertz CT molecular complexity index is 1510. The van der Waals surface area contributed by atoms with Gasteiger partial charge in [0.15, 0.2) is 5.82 Å². The van der Waals surface area contributed by atoms with Crippen LogP contribution in [0, 0.1) is 0 Å². The molecule has 0 unspecified atom stereocenters. The number of tetrazole rings is 1. The molecule has 5 aromatic rings. The zero-order valence-corrected chi connectivity index (χ0v) is 21.9. The van der Waals surface area contributed by atoms with Crippen molar-refractivity contribution >= 4 is 5.97 Å². The lowest BCUT2D eigenvalue weighted by molar-refractivity contribution is 0.0697. The number of unbranched alkanes of at least 4 members (excludes halogenated alkanes) is 3. The summed E-state index contributed by atoms with van der Waals surface area (Å²) in [7, 11) is 0. The SMILES string of the molecule is CCCCCCc1nc(Cc2ccc(C(=O)O)cc2)n(Cc2ccc(-c3ccccc3-c3nn[nH]n3)cc2)n1. The summed E-state index contributed by atoms with van der Waals surface area (Å²) in [6.45, 7) is 2.80. The van der Waals surface area contributed by atoms with Crippen molar-refractivity contribution in [3.63, 3.8) is 0 Å². The number of carboxylic acid groups (broad SMARTS) is 1. The molecule has 0 aliphatic rings. The molecule has 198 valence electrons. The van der Waals surface area contributed by atoms with Crippen molar-refractivity contribution in [1.29, 1.82) is 0 Å². The van der Waals surface area contributed by atoms with Gasteiger partial charge in [0.2, 0.25) is 5.82 Å². The third kappa shape index (κ3) is 6.43. The van der Waals surface area contributed by atoms with E-state index < -0.39 is 5.97 Å². The van der Waals surface area contributed by atoms with Crippen molar-refractivity contribution in [2.45, 2.75) is 52.0 Å². The number of benzene rings is 3. The summed E-state index contributed by atoms with van der Waals surface area (Å²) < 4.78 is 1.97. The van der Waals surface area contributed by atoms with E-state index in [1.807, 2.05) is 35.0 Å². The average Bonchev–Trinajstić information content (AvgIpc) is 3.63. The van der Waals surface area contributed by atoms with E-state index >= 15 is 0 Å². The molecule has 5 rings (SSSR count). The minimum absolute atomic E-state index is 0.276. The van der Waals surface area contributed by atoms with Crippen molar-refractivity contribution in [2.75, 3.05) is 0 Å². The monoisotopic (exact) mass is 521 g/mol. The first kappa shape index (κ1) is 26.0. The van der Waals surface area contributed by atoms with Crippen molar-refractivity contribution in [1.82, 2.24) is 35.4 Å². The van der Waals surface area contributed by atoms with E-state index in [1.54, 1.807) is 12.1 Å². The number of nitrogens with zero attached hydrogens (tertiary/aromatic N) is 6. The van der Waals surface area contributed by atoms with E-state index in [-0.39, 0.29) is 5.56 Å². The molecule has 0 bridgehead atoms. The summed E-state index contributed by atoms with van der Waals surface area (Å²) in [6, 6.07) is 23.4. The molecular weight excluding hydrogens is 490 g/mol. The van der Waals surface area contributed by atoms with Crippen LogP contribution in [0.25, 0.3) is 22.5 Å². The molecule has 0 spiro atoms. The van der Waals surface area contributed by atoms with Gasteiger partial charge in [-0.2, -0.15) is 10.3 Å². The van der Waals surface area contributed by atoms with Crippen LogP contribution in [0.5, 0.6) is 0 Å². The standard InChI is InChI=1S/C30H31N7O2/c1-2-3-4-5-10-27-31-28(19-21-11-17-24(18-12-21)30(38)39)37(34-27)20-22-13-15-23(16-14-22)25-8-6-7-9-26(25)29-32-35-36-33-29/h6-9,11-18H,2-5,10,19-20H2,1H3,(H,38,39)(H,32,33,35,36). The van der Waals surface area contributed by atoms with Gasteiger partial charge in [-0.25, -0.2) is 14.5 Å². The average molecular weight is 522 g/mol. The van der Waals surface area contributed by atoms with Gasteiger partial charge in [-0.1, -0.05) is 86.8 Å². The number of hydrogen-bond donors (Lipinski definition) is 2. The third-order valence-electron chi connectivity index (χ3n) is 6.72. The molecule has 0 aliphatic heterocycles. The number of carboxylic acids is 1. The predicted molar refractivity (Wildman–Crippen MR) is 148 cm³/mol. The summed E-state index contributed by atoms with van der Waals surface area (Å²) >= 11 is 0. The molecule has 9 nitrogen and oxygen atoms in total.